The number of nitrogens with zero attached hydrogens (tertiary/aromatic N) is 5. The number of likely N-dealkylation sites (N-methyl/N-ethyl adjacent to an activating group) is 1. The average Bonchev–Trinajstić information content (AvgIpc) is 3.33. The Labute approximate surface area is 189 Å². The molecule has 0 fully saturated rings. The van der Waals surface area contributed by atoms with Crippen molar-refractivity contribution in [2.45, 2.75) is 47.6 Å². The molecule has 8 heteroatoms. The molecule has 0 aliphatic heterocycles. The molecule has 3 aromatic rings. The molecule has 3 rings (SSSR count). The van der Waals surface area contributed by atoms with Crippen LogP contribution in [0.2, 0.25) is 0 Å². The minimum absolute atomic E-state index is 0. The second kappa shape index (κ2) is 10.9. The molecule has 0 N–H and O–H groups in total. The quantitative estimate of drug-likeness (QED) is 0.471. The summed E-state index contributed by atoms with van der Waals surface area (Å²) in [7, 11) is 0. The number of halogens is 1. The molecule has 0 unspecified atom stereocenters. The van der Waals surface area contributed by atoms with Gasteiger partial charge < -0.3 is 4.90 Å². The molecule has 0 radical (unpaired) electrons. The first-order chi connectivity index (χ1) is 14.0. The third-order valence-electron chi connectivity index (χ3n) is 5.36. The first-order valence-corrected chi connectivity index (χ1v) is 11.3. The first-order valence-electron chi connectivity index (χ1n) is 10.5. The normalized spacial score (nSPS) is 11.1. The Kier molecular flexibility index (Phi) is 8.82. The fourth-order valence-electron chi connectivity index (χ4n) is 3.43. The Hall–Kier alpha value is -1.96. The molecule has 2 aromatic heterocycles. The summed E-state index contributed by atoms with van der Waals surface area (Å²) in [6.45, 7) is 14.5. The number of aryl methyl sites for hydroxylation is 3. The number of amides is 1. The minimum atomic E-state index is -0.0813. The van der Waals surface area contributed by atoms with Crippen LogP contribution in [-0.2, 0) is 13.0 Å². The molecular weight excluding hydrogens is 418 g/mol. The monoisotopic (exact) mass is 449 g/mol. The summed E-state index contributed by atoms with van der Waals surface area (Å²) in [5.41, 5.74) is 3.71. The van der Waals surface area contributed by atoms with Crippen LogP contribution in [0.25, 0.3) is 10.2 Å². The number of rotatable bonds is 9. The standard InChI is InChI=1S/C22H31N5OS.ClH/c1-6-17-10-11-18-20(15-17)29-22(23-18)26(13-12-25(7-2)8-3)21(28)19-14-16(5)27(9-4)24-19;/h10-11,14-15H,6-9,12-13H2,1-5H3;1H. The van der Waals surface area contributed by atoms with Crippen LogP contribution in [0.4, 0.5) is 5.13 Å². The molecule has 0 aliphatic carbocycles. The maximum atomic E-state index is 13.4. The zero-order valence-corrected chi connectivity index (χ0v) is 20.1. The Morgan fingerprint density at radius 3 is 2.43 bits per heavy atom. The summed E-state index contributed by atoms with van der Waals surface area (Å²) >= 11 is 1.58. The molecule has 1 aromatic carbocycles. The fraction of sp³-hybridized carbons (Fsp3) is 0.500. The predicted octanol–water partition coefficient (Wildman–Crippen LogP) is 4.79. The van der Waals surface area contributed by atoms with Gasteiger partial charge in [-0.1, -0.05) is 38.2 Å². The highest BCUT2D eigenvalue weighted by Crippen LogP contribution is 2.30. The van der Waals surface area contributed by atoms with Crippen molar-refractivity contribution >= 4 is 45.0 Å². The number of fused-ring (bicyclic) bond motifs is 1. The first kappa shape index (κ1) is 24.3. The lowest BCUT2D eigenvalue weighted by Crippen LogP contribution is -2.39. The number of thiazole rings is 1. The van der Waals surface area contributed by atoms with Crippen LogP contribution >= 0.6 is 23.7 Å². The van der Waals surface area contributed by atoms with Crippen molar-refractivity contribution in [3.8, 4) is 0 Å². The largest absolute Gasteiger partial charge is 0.302 e. The van der Waals surface area contributed by atoms with Gasteiger partial charge in [0.1, 0.15) is 0 Å². The highest BCUT2D eigenvalue weighted by Gasteiger charge is 2.24. The molecular formula is C22H32ClN5OS. The van der Waals surface area contributed by atoms with Crippen molar-refractivity contribution in [2.24, 2.45) is 0 Å². The number of hydrogen-bond donors (Lipinski definition) is 0. The Morgan fingerprint density at radius 1 is 1.10 bits per heavy atom. The molecule has 0 atom stereocenters. The van der Waals surface area contributed by atoms with E-state index in [0.717, 1.165) is 53.6 Å². The molecule has 2 heterocycles. The highest BCUT2D eigenvalue weighted by molar-refractivity contribution is 7.22. The second-order valence-electron chi connectivity index (χ2n) is 7.12. The summed E-state index contributed by atoms with van der Waals surface area (Å²) < 4.78 is 2.98. The fourth-order valence-corrected chi connectivity index (χ4v) is 4.48. The van der Waals surface area contributed by atoms with Gasteiger partial charge in [-0.25, -0.2) is 4.98 Å². The van der Waals surface area contributed by atoms with Crippen molar-refractivity contribution in [1.29, 1.82) is 0 Å². The van der Waals surface area contributed by atoms with Crippen LogP contribution < -0.4 is 4.90 Å². The lowest BCUT2D eigenvalue weighted by molar-refractivity contribution is 0.0978. The topological polar surface area (TPSA) is 54.3 Å². The third kappa shape index (κ3) is 5.20. The number of carbonyl (C=O) groups is 1. The van der Waals surface area contributed by atoms with E-state index >= 15 is 0 Å². The summed E-state index contributed by atoms with van der Waals surface area (Å²) in [5, 5.41) is 5.26. The van der Waals surface area contributed by atoms with E-state index in [0.29, 0.717) is 12.2 Å². The number of hydrogen-bond acceptors (Lipinski definition) is 5. The van der Waals surface area contributed by atoms with Crippen LogP contribution in [-0.4, -0.2) is 51.8 Å². The van der Waals surface area contributed by atoms with E-state index < -0.39 is 0 Å². The second-order valence-corrected chi connectivity index (χ2v) is 8.13. The van der Waals surface area contributed by atoms with Gasteiger partial charge in [-0.15, -0.1) is 12.4 Å². The smallest absolute Gasteiger partial charge is 0.280 e. The molecule has 164 valence electrons. The van der Waals surface area contributed by atoms with Crippen molar-refractivity contribution in [2.75, 3.05) is 31.1 Å². The zero-order valence-electron chi connectivity index (χ0n) is 18.5. The molecule has 30 heavy (non-hydrogen) atoms. The van der Waals surface area contributed by atoms with E-state index in [-0.39, 0.29) is 18.3 Å². The van der Waals surface area contributed by atoms with E-state index in [1.54, 1.807) is 16.2 Å². The third-order valence-corrected chi connectivity index (χ3v) is 6.40. The van der Waals surface area contributed by atoms with Crippen LogP contribution in [0.3, 0.4) is 0 Å². The van der Waals surface area contributed by atoms with Crippen molar-refractivity contribution in [3.05, 3.63) is 41.2 Å². The highest BCUT2D eigenvalue weighted by atomic mass is 35.5. The number of benzene rings is 1. The zero-order chi connectivity index (χ0) is 21.0. The van der Waals surface area contributed by atoms with Gasteiger partial charge in [-0.05, 0) is 57.1 Å². The van der Waals surface area contributed by atoms with Gasteiger partial charge in [0.25, 0.3) is 5.91 Å². The SMILES string of the molecule is CCc1ccc2nc(N(CCN(CC)CC)C(=O)c3cc(C)n(CC)n3)sc2c1.Cl. The summed E-state index contributed by atoms with van der Waals surface area (Å²) in [6.07, 6.45) is 0.988. The molecule has 0 aliphatic rings. The summed E-state index contributed by atoms with van der Waals surface area (Å²) in [6, 6.07) is 8.22. The van der Waals surface area contributed by atoms with E-state index in [9.17, 15) is 4.79 Å². The number of carbonyl (C=O) groups excluding carboxylic acids is 1. The van der Waals surface area contributed by atoms with E-state index in [1.807, 2.05) is 24.6 Å². The molecule has 6 nitrogen and oxygen atoms in total. The molecule has 0 saturated heterocycles. The number of anilines is 1. The Morgan fingerprint density at radius 2 is 1.83 bits per heavy atom. The average molecular weight is 450 g/mol. The molecule has 0 saturated carbocycles. The van der Waals surface area contributed by atoms with Gasteiger partial charge in [0, 0.05) is 25.3 Å². The minimum Gasteiger partial charge on any atom is -0.302 e. The van der Waals surface area contributed by atoms with Gasteiger partial charge in [0.2, 0.25) is 0 Å². The van der Waals surface area contributed by atoms with Gasteiger partial charge in [-0.3, -0.25) is 14.4 Å². The van der Waals surface area contributed by atoms with Crippen molar-refractivity contribution in [3.63, 3.8) is 0 Å². The van der Waals surface area contributed by atoms with Gasteiger partial charge in [0.05, 0.1) is 10.2 Å². The van der Waals surface area contributed by atoms with Crippen LogP contribution in [0, 0.1) is 6.92 Å². The summed E-state index contributed by atoms with van der Waals surface area (Å²) in [4.78, 5) is 22.3. The van der Waals surface area contributed by atoms with Gasteiger partial charge in [-0.2, -0.15) is 5.10 Å². The predicted molar refractivity (Wildman–Crippen MR) is 128 cm³/mol. The van der Waals surface area contributed by atoms with E-state index in [1.165, 1.54) is 5.56 Å². The van der Waals surface area contributed by atoms with Gasteiger partial charge in [0.15, 0.2) is 10.8 Å². The Balaban J connectivity index is 0.00000320. The van der Waals surface area contributed by atoms with Crippen molar-refractivity contribution in [1.82, 2.24) is 19.7 Å². The van der Waals surface area contributed by atoms with E-state index in [2.05, 4.69) is 49.0 Å². The van der Waals surface area contributed by atoms with Crippen LogP contribution in [0.15, 0.2) is 24.3 Å². The lowest BCUT2D eigenvalue weighted by atomic mass is 10.2. The van der Waals surface area contributed by atoms with Gasteiger partial charge >= 0.3 is 0 Å². The van der Waals surface area contributed by atoms with Crippen molar-refractivity contribution < 1.29 is 4.79 Å². The summed E-state index contributed by atoms with van der Waals surface area (Å²) in [5.74, 6) is -0.0813. The van der Waals surface area contributed by atoms with Crippen LogP contribution in [0.1, 0.15) is 49.4 Å². The number of aromatic nitrogens is 3. The molecule has 1 amide bonds. The maximum absolute atomic E-state index is 13.4. The Bertz CT molecular complexity index is 979. The molecule has 0 bridgehead atoms. The maximum Gasteiger partial charge on any atom is 0.280 e. The lowest BCUT2D eigenvalue weighted by Gasteiger charge is -2.24. The molecule has 0 spiro atoms. The van der Waals surface area contributed by atoms with E-state index in [4.69, 9.17) is 4.98 Å². The van der Waals surface area contributed by atoms with Crippen LogP contribution in [0.5, 0.6) is 0 Å².